The highest BCUT2D eigenvalue weighted by Gasteiger charge is 2.21. The first-order chi connectivity index (χ1) is 4.92. The quantitative estimate of drug-likeness (QED) is 0.498. The molecule has 0 aliphatic carbocycles. The van der Waals surface area contributed by atoms with Crippen molar-refractivity contribution in [1.82, 2.24) is 5.32 Å². The monoisotopic (exact) mass is 168 g/mol. The van der Waals surface area contributed by atoms with E-state index in [0.717, 1.165) is 0 Å². The summed E-state index contributed by atoms with van der Waals surface area (Å²) >= 11 is 0. The number of amides is 1. The highest BCUT2D eigenvalue weighted by molar-refractivity contribution is 6.58. The minimum Gasteiger partial charge on any atom is -0.449 e. The molecule has 0 aliphatic rings. The molecule has 0 saturated heterocycles. The lowest BCUT2D eigenvalue weighted by Gasteiger charge is -2.12. The molecular formula is C5H10BF3NO-. The largest absolute Gasteiger partial charge is 0.478 e. The van der Waals surface area contributed by atoms with E-state index in [1.807, 2.05) is 0 Å². The van der Waals surface area contributed by atoms with Gasteiger partial charge in [-0.25, -0.2) is 0 Å². The summed E-state index contributed by atoms with van der Waals surface area (Å²) in [6.45, 7) is -3.30. The minimum atomic E-state index is -4.68. The number of rotatable bonds is 4. The molecule has 11 heavy (non-hydrogen) atoms. The Labute approximate surface area is 63.2 Å². The van der Waals surface area contributed by atoms with Crippen molar-refractivity contribution < 1.29 is 17.7 Å². The van der Waals surface area contributed by atoms with Gasteiger partial charge in [0, 0.05) is 13.5 Å². The lowest BCUT2D eigenvalue weighted by atomic mass is 9.84. The van der Waals surface area contributed by atoms with Crippen LogP contribution >= 0.6 is 0 Å². The Balaban J connectivity index is 3.22. The predicted molar refractivity (Wildman–Crippen MR) is 37.2 cm³/mol. The maximum absolute atomic E-state index is 11.5. The summed E-state index contributed by atoms with van der Waals surface area (Å²) < 4.78 is 34.6. The zero-order chi connectivity index (χ0) is 8.91. The summed E-state index contributed by atoms with van der Waals surface area (Å²) in [7, 11) is 0. The molecule has 0 spiro atoms. The first-order valence-electron chi connectivity index (χ1n) is 3.37. The van der Waals surface area contributed by atoms with Crippen molar-refractivity contribution in [3.8, 4) is 0 Å². The summed E-state index contributed by atoms with van der Waals surface area (Å²) in [5.41, 5.74) is 0. The van der Waals surface area contributed by atoms with Gasteiger partial charge in [0.15, 0.2) is 0 Å². The molecule has 0 aromatic heterocycles. The van der Waals surface area contributed by atoms with E-state index in [9.17, 15) is 17.7 Å². The molecule has 0 unspecified atom stereocenters. The molecule has 66 valence electrons. The van der Waals surface area contributed by atoms with Crippen LogP contribution in [-0.4, -0.2) is 19.4 Å². The topological polar surface area (TPSA) is 29.1 Å². The van der Waals surface area contributed by atoms with Crippen LogP contribution < -0.4 is 5.32 Å². The Morgan fingerprint density at radius 3 is 2.36 bits per heavy atom. The van der Waals surface area contributed by atoms with Gasteiger partial charge in [-0.15, -0.1) is 0 Å². The molecule has 0 aromatic carbocycles. The van der Waals surface area contributed by atoms with E-state index in [-0.39, 0.29) is 18.9 Å². The van der Waals surface area contributed by atoms with E-state index < -0.39 is 13.3 Å². The van der Waals surface area contributed by atoms with Gasteiger partial charge < -0.3 is 18.3 Å². The fraction of sp³-hybridized carbons (Fsp3) is 0.800. The van der Waals surface area contributed by atoms with Crippen LogP contribution in [0.2, 0.25) is 6.32 Å². The normalized spacial score (nSPS) is 11.3. The second kappa shape index (κ2) is 4.25. The van der Waals surface area contributed by atoms with Crippen molar-refractivity contribution in [3.05, 3.63) is 0 Å². The van der Waals surface area contributed by atoms with E-state index in [4.69, 9.17) is 0 Å². The first kappa shape index (κ1) is 10.3. The van der Waals surface area contributed by atoms with Gasteiger partial charge in [0.2, 0.25) is 5.91 Å². The van der Waals surface area contributed by atoms with E-state index in [2.05, 4.69) is 5.32 Å². The summed E-state index contributed by atoms with van der Waals surface area (Å²) in [5, 5.41) is 2.29. The molecule has 0 aliphatic heterocycles. The Hall–Kier alpha value is -0.675. The fourth-order valence-corrected chi connectivity index (χ4v) is 0.598. The van der Waals surface area contributed by atoms with Crippen molar-refractivity contribution in [2.45, 2.75) is 19.7 Å². The van der Waals surface area contributed by atoms with Crippen LogP contribution in [0.15, 0.2) is 0 Å². The lowest BCUT2D eigenvalue weighted by Crippen LogP contribution is -2.23. The van der Waals surface area contributed by atoms with E-state index >= 15 is 0 Å². The van der Waals surface area contributed by atoms with E-state index in [1.165, 1.54) is 6.92 Å². The maximum atomic E-state index is 11.5. The van der Waals surface area contributed by atoms with Crippen LogP contribution in [0.5, 0.6) is 0 Å². The summed E-state index contributed by atoms with van der Waals surface area (Å²) in [6, 6.07) is 0. The second-order valence-corrected chi connectivity index (χ2v) is 2.34. The van der Waals surface area contributed by atoms with Gasteiger partial charge in [0.1, 0.15) is 0 Å². The molecule has 0 heterocycles. The van der Waals surface area contributed by atoms with Crippen LogP contribution in [0, 0.1) is 0 Å². The summed E-state index contributed by atoms with van der Waals surface area (Å²) in [5.74, 6) is -0.292. The standard InChI is InChI=1S/C5H10BF3NO/c1-5(11)10-4-2-3-6(7,8)9/h2-4H2,1H3,(H,10,11)/q-1. The molecular weight excluding hydrogens is 158 g/mol. The highest BCUT2D eigenvalue weighted by Crippen LogP contribution is 2.15. The Bertz CT molecular complexity index is 136. The molecule has 1 amide bonds. The smallest absolute Gasteiger partial charge is 0.449 e. The third-order valence-corrected chi connectivity index (χ3v) is 1.08. The number of nitrogens with one attached hydrogen (secondary N) is 1. The van der Waals surface area contributed by atoms with Gasteiger partial charge in [-0.05, 0) is 0 Å². The Kier molecular flexibility index (Phi) is 3.99. The number of hydrogen-bond donors (Lipinski definition) is 1. The number of carbonyl (C=O) groups is 1. The molecule has 0 fully saturated rings. The van der Waals surface area contributed by atoms with Crippen molar-refractivity contribution in [2.24, 2.45) is 0 Å². The lowest BCUT2D eigenvalue weighted by molar-refractivity contribution is -0.118. The Morgan fingerprint density at radius 1 is 1.45 bits per heavy atom. The van der Waals surface area contributed by atoms with E-state index in [1.54, 1.807) is 0 Å². The van der Waals surface area contributed by atoms with Gasteiger partial charge in [-0.3, -0.25) is 4.79 Å². The molecule has 0 radical (unpaired) electrons. The van der Waals surface area contributed by atoms with Gasteiger partial charge in [0.05, 0.1) is 0 Å². The highest BCUT2D eigenvalue weighted by atomic mass is 19.4. The molecule has 0 atom stereocenters. The summed E-state index contributed by atoms with van der Waals surface area (Å²) in [4.78, 5) is 10.2. The van der Waals surface area contributed by atoms with Crippen LogP contribution in [0.4, 0.5) is 12.9 Å². The SMILES string of the molecule is CC(=O)NCCC[B-](F)(F)F. The molecule has 1 N–H and O–H groups in total. The van der Waals surface area contributed by atoms with Gasteiger partial charge in [-0.2, -0.15) is 0 Å². The molecule has 0 rings (SSSR count). The van der Waals surface area contributed by atoms with E-state index in [0.29, 0.717) is 0 Å². The van der Waals surface area contributed by atoms with Gasteiger partial charge >= 0.3 is 6.98 Å². The van der Waals surface area contributed by atoms with Crippen LogP contribution in [-0.2, 0) is 4.79 Å². The molecule has 0 bridgehead atoms. The first-order valence-corrected chi connectivity index (χ1v) is 3.37. The average molecular weight is 168 g/mol. The molecule has 6 heteroatoms. The second-order valence-electron chi connectivity index (χ2n) is 2.34. The van der Waals surface area contributed by atoms with Crippen LogP contribution in [0.3, 0.4) is 0 Å². The number of carbonyl (C=O) groups excluding carboxylic acids is 1. The average Bonchev–Trinajstić information content (AvgIpc) is 1.78. The zero-order valence-electron chi connectivity index (χ0n) is 6.24. The van der Waals surface area contributed by atoms with Gasteiger partial charge in [-0.1, -0.05) is 12.7 Å². The third-order valence-electron chi connectivity index (χ3n) is 1.08. The van der Waals surface area contributed by atoms with Crippen LogP contribution in [0.25, 0.3) is 0 Å². The van der Waals surface area contributed by atoms with Crippen molar-refractivity contribution in [1.29, 1.82) is 0 Å². The maximum Gasteiger partial charge on any atom is 0.478 e. The molecule has 0 saturated carbocycles. The van der Waals surface area contributed by atoms with Crippen molar-refractivity contribution in [3.63, 3.8) is 0 Å². The summed E-state index contributed by atoms with van der Waals surface area (Å²) in [6.07, 6.45) is -0.802. The van der Waals surface area contributed by atoms with Crippen LogP contribution in [0.1, 0.15) is 13.3 Å². The third kappa shape index (κ3) is 9.32. The molecule has 2 nitrogen and oxygen atoms in total. The van der Waals surface area contributed by atoms with Gasteiger partial charge in [0.25, 0.3) is 0 Å². The molecule has 0 aromatic rings. The number of hydrogen-bond acceptors (Lipinski definition) is 1. The Morgan fingerprint density at radius 2 is 2.00 bits per heavy atom. The van der Waals surface area contributed by atoms with Crippen molar-refractivity contribution >= 4 is 12.9 Å². The number of halogens is 3. The zero-order valence-corrected chi connectivity index (χ0v) is 6.24. The van der Waals surface area contributed by atoms with Crippen molar-refractivity contribution in [2.75, 3.05) is 6.54 Å². The minimum absolute atomic E-state index is 0.0247. The fourth-order valence-electron chi connectivity index (χ4n) is 0.598. The predicted octanol–water partition coefficient (Wildman–Crippen LogP) is 1.36.